The van der Waals surface area contributed by atoms with Crippen molar-refractivity contribution >= 4 is 17.5 Å². The lowest BCUT2D eigenvalue weighted by Crippen LogP contribution is -2.10. The molecule has 0 amide bonds. The SMILES string of the molecule is Clc1cnc(NCCn2ccnc2)nc1. The zero-order valence-corrected chi connectivity index (χ0v) is 8.72. The number of nitrogens with one attached hydrogen (secondary N) is 1. The summed E-state index contributed by atoms with van der Waals surface area (Å²) in [5.41, 5.74) is 0. The van der Waals surface area contributed by atoms with Crippen LogP contribution in [0.2, 0.25) is 5.02 Å². The van der Waals surface area contributed by atoms with E-state index in [0.717, 1.165) is 13.1 Å². The topological polar surface area (TPSA) is 55.6 Å². The number of halogens is 1. The van der Waals surface area contributed by atoms with Gasteiger partial charge >= 0.3 is 0 Å². The molecule has 0 saturated carbocycles. The fourth-order valence-corrected chi connectivity index (χ4v) is 1.22. The summed E-state index contributed by atoms with van der Waals surface area (Å²) in [7, 11) is 0. The fourth-order valence-electron chi connectivity index (χ4n) is 1.12. The van der Waals surface area contributed by atoms with E-state index in [1.807, 2.05) is 10.8 Å². The van der Waals surface area contributed by atoms with Gasteiger partial charge in [-0.15, -0.1) is 0 Å². The maximum atomic E-state index is 5.66. The zero-order valence-electron chi connectivity index (χ0n) is 7.97. The minimum absolute atomic E-state index is 0.537. The molecule has 2 aromatic heterocycles. The molecule has 0 spiro atoms. The minimum atomic E-state index is 0.537. The highest BCUT2D eigenvalue weighted by atomic mass is 35.5. The highest BCUT2D eigenvalue weighted by Gasteiger charge is 1.95. The molecule has 0 aliphatic carbocycles. The second-order valence-electron chi connectivity index (χ2n) is 2.95. The summed E-state index contributed by atoms with van der Waals surface area (Å²) in [4.78, 5) is 12.0. The highest BCUT2D eigenvalue weighted by Crippen LogP contribution is 2.04. The van der Waals surface area contributed by atoms with Gasteiger partial charge in [-0.2, -0.15) is 0 Å². The van der Waals surface area contributed by atoms with Gasteiger partial charge in [-0.3, -0.25) is 0 Å². The second-order valence-corrected chi connectivity index (χ2v) is 3.39. The quantitative estimate of drug-likeness (QED) is 0.852. The van der Waals surface area contributed by atoms with Gasteiger partial charge in [-0.1, -0.05) is 11.6 Å². The first-order valence-electron chi connectivity index (χ1n) is 4.52. The van der Waals surface area contributed by atoms with Crippen molar-refractivity contribution in [2.24, 2.45) is 0 Å². The van der Waals surface area contributed by atoms with E-state index in [2.05, 4.69) is 20.3 Å². The number of anilines is 1. The Labute approximate surface area is 92.1 Å². The summed E-state index contributed by atoms with van der Waals surface area (Å²) in [6.07, 6.45) is 8.55. The lowest BCUT2D eigenvalue weighted by atomic mass is 10.6. The van der Waals surface area contributed by atoms with Crippen LogP contribution in [-0.2, 0) is 6.54 Å². The molecule has 78 valence electrons. The van der Waals surface area contributed by atoms with Gasteiger partial charge in [0.05, 0.1) is 23.7 Å². The van der Waals surface area contributed by atoms with Crippen LogP contribution in [-0.4, -0.2) is 26.1 Å². The number of nitrogens with zero attached hydrogens (tertiary/aromatic N) is 4. The molecule has 2 rings (SSSR count). The monoisotopic (exact) mass is 223 g/mol. The van der Waals surface area contributed by atoms with Crippen molar-refractivity contribution in [1.29, 1.82) is 0 Å². The van der Waals surface area contributed by atoms with E-state index in [-0.39, 0.29) is 0 Å². The van der Waals surface area contributed by atoms with Gasteiger partial charge in [0.25, 0.3) is 0 Å². The molecular weight excluding hydrogens is 214 g/mol. The molecular formula is C9H10ClN5. The van der Waals surface area contributed by atoms with Gasteiger partial charge in [0.1, 0.15) is 0 Å². The molecule has 0 bridgehead atoms. The van der Waals surface area contributed by atoms with Gasteiger partial charge in [0.15, 0.2) is 0 Å². The Hall–Kier alpha value is -1.62. The number of hydrogen-bond donors (Lipinski definition) is 1. The lowest BCUT2D eigenvalue weighted by Gasteiger charge is -2.04. The minimum Gasteiger partial charge on any atom is -0.352 e. The molecule has 0 aliphatic heterocycles. The molecule has 1 N–H and O–H groups in total. The molecule has 15 heavy (non-hydrogen) atoms. The number of aromatic nitrogens is 4. The van der Waals surface area contributed by atoms with Crippen molar-refractivity contribution < 1.29 is 0 Å². The summed E-state index contributed by atoms with van der Waals surface area (Å²) in [5.74, 6) is 0.583. The first-order chi connectivity index (χ1) is 7.34. The van der Waals surface area contributed by atoms with Crippen LogP contribution < -0.4 is 5.32 Å². The van der Waals surface area contributed by atoms with Crippen LogP contribution in [0.25, 0.3) is 0 Å². The van der Waals surface area contributed by atoms with E-state index in [1.54, 1.807) is 24.9 Å². The second kappa shape index (κ2) is 4.75. The molecule has 2 aromatic rings. The predicted molar refractivity (Wildman–Crippen MR) is 57.8 cm³/mol. The molecule has 2 heterocycles. The Morgan fingerprint density at radius 1 is 1.33 bits per heavy atom. The Kier molecular flexibility index (Phi) is 3.14. The Bertz CT molecular complexity index is 397. The third kappa shape index (κ3) is 2.92. The Morgan fingerprint density at radius 3 is 2.80 bits per heavy atom. The van der Waals surface area contributed by atoms with Crippen LogP contribution >= 0.6 is 11.6 Å². The fraction of sp³-hybridized carbons (Fsp3) is 0.222. The third-order valence-electron chi connectivity index (χ3n) is 1.83. The van der Waals surface area contributed by atoms with Crippen LogP contribution in [0.15, 0.2) is 31.1 Å². The molecule has 6 heteroatoms. The van der Waals surface area contributed by atoms with Crippen molar-refractivity contribution in [3.05, 3.63) is 36.1 Å². The average Bonchev–Trinajstić information content (AvgIpc) is 2.74. The van der Waals surface area contributed by atoms with Crippen LogP contribution in [0.5, 0.6) is 0 Å². The van der Waals surface area contributed by atoms with Crippen molar-refractivity contribution in [3.63, 3.8) is 0 Å². The van der Waals surface area contributed by atoms with Gasteiger partial charge in [0, 0.05) is 25.5 Å². The van der Waals surface area contributed by atoms with Crippen LogP contribution in [0, 0.1) is 0 Å². The summed E-state index contributed by atoms with van der Waals surface area (Å²) in [6, 6.07) is 0. The Morgan fingerprint density at radius 2 is 2.13 bits per heavy atom. The van der Waals surface area contributed by atoms with Crippen molar-refractivity contribution in [2.45, 2.75) is 6.54 Å². The molecule has 0 saturated heterocycles. The van der Waals surface area contributed by atoms with Crippen molar-refractivity contribution in [3.8, 4) is 0 Å². The van der Waals surface area contributed by atoms with E-state index in [4.69, 9.17) is 11.6 Å². The van der Waals surface area contributed by atoms with E-state index >= 15 is 0 Å². The molecule has 0 unspecified atom stereocenters. The first-order valence-corrected chi connectivity index (χ1v) is 4.89. The summed E-state index contributed by atoms with van der Waals surface area (Å²) < 4.78 is 1.98. The maximum absolute atomic E-state index is 5.66. The van der Waals surface area contributed by atoms with Crippen LogP contribution in [0.1, 0.15) is 0 Å². The van der Waals surface area contributed by atoms with E-state index < -0.39 is 0 Å². The van der Waals surface area contributed by atoms with Gasteiger partial charge in [-0.25, -0.2) is 15.0 Å². The van der Waals surface area contributed by atoms with Crippen LogP contribution in [0.3, 0.4) is 0 Å². The van der Waals surface area contributed by atoms with E-state index in [9.17, 15) is 0 Å². The molecule has 0 aliphatic rings. The van der Waals surface area contributed by atoms with Crippen molar-refractivity contribution in [1.82, 2.24) is 19.5 Å². The summed E-state index contributed by atoms with van der Waals surface area (Å²) in [5, 5.41) is 3.62. The average molecular weight is 224 g/mol. The number of imidazole rings is 1. The molecule has 0 radical (unpaired) electrons. The molecule has 0 fully saturated rings. The Balaban J connectivity index is 1.81. The van der Waals surface area contributed by atoms with Crippen molar-refractivity contribution in [2.75, 3.05) is 11.9 Å². The summed E-state index contributed by atoms with van der Waals surface area (Å²) in [6.45, 7) is 1.57. The van der Waals surface area contributed by atoms with E-state index in [0.29, 0.717) is 11.0 Å². The predicted octanol–water partition coefficient (Wildman–Crippen LogP) is 1.44. The van der Waals surface area contributed by atoms with Gasteiger partial charge < -0.3 is 9.88 Å². The molecule has 0 atom stereocenters. The number of hydrogen-bond acceptors (Lipinski definition) is 4. The number of rotatable bonds is 4. The van der Waals surface area contributed by atoms with Crippen LogP contribution in [0.4, 0.5) is 5.95 Å². The molecule has 0 aromatic carbocycles. The smallest absolute Gasteiger partial charge is 0.222 e. The van der Waals surface area contributed by atoms with Gasteiger partial charge in [0.2, 0.25) is 5.95 Å². The molecule has 5 nitrogen and oxygen atoms in total. The standard InChI is InChI=1S/C9H10ClN5/c10-8-5-13-9(14-6-8)12-2-4-15-3-1-11-7-15/h1,3,5-7H,2,4H2,(H,12,13,14). The third-order valence-corrected chi connectivity index (χ3v) is 2.03. The summed E-state index contributed by atoms with van der Waals surface area (Å²) >= 11 is 5.66. The van der Waals surface area contributed by atoms with E-state index in [1.165, 1.54) is 0 Å². The van der Waals surface area contributed by atoms with Gasteiger partial charge in [-0.05, 0) is 0 Å². The highest BCUT2D eigenvalue weighted by molar-refractivity contribution is 6.30. The normalized spacial score (nSPS) is 10.2. The zero-order chi connectivity index (χ0) is 10.5. The largest absolute Gasteiger partial charge is 0.352 e. The maximum Gasteiger partial charge on any atom is 0.222 e. The lowest BCUT2D eigenvalue weighted by molar-refractivity contribution is 0.723. The first kappa shape index (κ1) is 9.92.